The maximum absolute atomic E-state index is 12.6. The van der Waals surface area contributed by atoms with Crippen LogP contribution in [0.1, 0.15) is 26.2 Å². The maximum Gasteiger partial charge on any atom is 0.246 e. The van der Waals surface area contributed by atoms with Crippen molar-refractivity contribution >= 4 is 51.6 Å². The number of sulfonamides is 1. The third kappa shape index (κ3) is 6.80. The molecule has 0 radical (unpaired) electrons. The standard InChI is InChI=1S/C18H31N7O3S.HI/c1-3-19-18(20-7-10-29(27,28)22-11-15-5-4-6-15)24-8-9-25(17(26)14-24)16-12-21-23(2)13-16;/h12-13,15,22H,3-11,14H2,1-2H3,(H,19,20);1H. The minimum absolute atomic E-state index is 0. The summed E-state index contributed by atoms with van der Waals surface area (Å²) in [5, 5.41) is 7.28. The molecule has 0 spiro atoms. The molecule has 2 fully saturated rings. The molecule has 2 aliphatic rings. The predicted molar refractivity (Wildman–Crippen MR) is 128 cm³/mol. The van der Waals surface area contributed by atoms with Gasteiger partial charge in [-0.2, -0.15) is 5.10 Å². The molecule has 1 saturated heterocycles. The number of amides is 1. The fourth-order valence-corrected chi connectivity index (χ4v) is 4.35. The van der Waals surface area contributed by atoms with Gasteiger partial charge in [0.2, 0.25) is 15.9 Å². The quantitative estimate of drug-likeness (QED) is 0.274. The number of hydrogen-bond acceptors (Lipinski definition) is 5. The van der Waals surface area contributed by atoms with E-state index < -0.39 is 10.0 Å². The molecule has 1 aliphatic heterocycles. The van der Waals surface area contributed by atoms with Gasteiger partial charge in [0.15, 0.2) is 5.96 Å². The Balaban J connectivity index is 0.00000320. The Morgan fingerprint density at radius 2 is 2.10 bits per heavy atom. The number of anilines is 1. The lowest BCUT2D eigenvalue weighted by atomic mass is 9.86. The molecule has 1 aromatic rings. The molecule has 1 aromatic heterocycles. The third-order valence-corrected chi connectivity index (χ3v) is 6.62. The van der Waals surface area contributed by atoms with Crippen molar-refractivity contribution < 1.29 is 13.2 Å². The van der Waals surface area contributed by atoms with E-state index in [1.54, 1.807) is 15.8 Å². The highest BCUT2D eigenvalue weighted by Gasteiger charge is 2.28. The molecule has 2 heterocycles. The van der Waals surface area contributed by atoms with Crippen molar-refractivity contribution in [2.75, 3.05) is 49.9 Å². The number of hydrogen-bond donors (Lipinski definition) is 2. The van der Waals surface area contributed by atoms with Crippen LogP contribution in [-0.4, -0.2) is 80.0 Å². The van der Waals surface area contributed by atoms with Crippen LogP contribution in [0, 0.1) is 5.92 Å². The summed E-state index contributed by atoms with van der Waals surface area (Å²) >= 11 is 0. The Morgan fingerprint density at radius 1 is 1.33 bits per heavy atom. The Kier molecular flexibility index (Phi) is 9.34. The number of carbonyl (C=O) groups excluding carboxylic acids is 1. The molecular weight excluding hydrogens is 521 g/mol. The van der Waals surface area contributed by atoms with Crippen LogP contribution in [0.5, 0.6) is 0 Å². The van der Waals surface area contributed by atoms with Crippen molar-refractivity contribution in [1.29, 1.82) is 0 Å². The minimum Gasteiger partial charge on any atom is -0.357 e. The maximum atomic E-state index is 12.6. The van der Waals surface area contributed by atoms with E-state index in [9.17, 15) is 13.2 Å². The molecule has 3 rings (SSSR count). The number of aromatic nitrogens is 2. The molecule has 170 valence electrons. The Labute approximate surface area is 195 Å². The van der Waals surface area contributed by atoms with Crippen LogP contribution in [0.2, 0.25) is 0 Å². The van der Waals surface area contributed by atoms with Gasteiger partial charge >= 0.3 is 0 Å². The molecule has 0 atom stereocenters. The average molecular weight is 553 g/mol. The molecule has 1 amide bonds. The molecule has 0 aromatic carbocycles. The molecule has 1 aliphatic carbocycles. The first-order valence-electron chi connectivity index (χ1n) is 10.2. The zero-order chi connectivity index (χ0) is 20.9. The van der Waals surface area contributed by atoms with Gasteiger partial charge in [-0.1, -0.05) is 6.42 Å². The number of aryl methyl sites for hydroxylation is 1. The first-order valence-corrected chi connectivity index (χ1v) is 11.8. The normalized spacial score (nSPS) is 18.2. The Morgan fingerprint density at radius 3 is 2.67 bits per heavy atom. The molecule has 2 N–H and O–H groups in total. The number of guanidine groups is 1. The molecule has 12 heteroatoms. The molecule has 1 saturated carbocycles. The fourth-order valence-electron chi connectivity index (χ4n) is 3.39. The highest BCUT2D eigenvalue weighted by Crippen LogP contribution is 2.25. The van der Waals surface area contributed by atoms with E-state index in [0.29, 0.717) is 38.1 Å². The number of carbonyl (C=O) groups is 1. The van der Waals surface area contributed by atoms with Gasteiger partial charge in [-0.05, 0) is 25.7 Å². The number of aliphatic imine (C=N–C) groups is 1. The van der Waals surface area contributed by atoms with Crippen LogP contribution in [-0.2, 0) is 21.9 Å². The molecule has 30 heavy (non-hydrogen) atoms. The summed E-state index contributed by atoms with van der Waals surface area (Å²) in [4.78, 5) is 20.6. The van der Waals surface area contributed by atoms with Gasteiger partial charge in [0.1, 0.15) is 6.54 Å². The fraction of sp³-hybridized carbons (Fsp3) is 0.722. The zero-order valence-corrected chi connectivity index (χ0v) is 20.7. The van der Waals surface area contributed by atoms with Crippen molar-refractivity contribution in [3.8, 4) is 0 Å². The van der Waals surface area contributed by atoms with Gasteiger partial charge in [0.05, 0.1) is 24.2 Å². The summed E-state index contributed by atoms with van der Waals surface area (Å²) in [6, 6.07) is 0. The Bertz CT molecular complexity index is 839. The summed E-state index contributed by atoms with van der Waals surface area (Å²) in [6.45, 7) is 4.58. The number of nitrogens with one attached hydrogen (secondary N) is 2. The van der Waals surface area contributed by atoms with E-state index in [-0.39, 0.29) is 48.7 Å². The van der Waals surface area contributed by atoms with E-state index in [0.717, 1.165) is 18.5 Å². The zero-order valence-electron chi connectivity index (χ0n) is 17.6. The van der Waals surface area contributed by atoms with E-state index in [1.807, 2.05) is 25.1 Å². The second-order valence-corrected chi connectivity index (χ2v) is 9.47. The largest absolute Gasteiger partial charge is 0.357 e. The Hall–Kier alpha value is -1.41. The first-order chi connectivity index (χ1) is 13.9. The van der Waals surface area contributed by atoms with E-state index in [1.165, 1.54) is 6.42 Å². The lowest BCUT2D eigenvalue weighted by molar-refractivity contribution is -0.120. The lowest BCUT2D eigenvalue weighted by Gasteiger charge is -2.35. The van der Waals surface area contributed by atoms with Crippen molar-refractivity contribution in [3.63, 3.8) is 0 Å². The molecule has 0 bridgehead atoms. The van der Waals surface area contributed by atoms with Crippen LogP contribution in [0.3, 0.4) is 0 Å². The molecule has 10 nitrogen and oxygen atoms in total. The highest BCUT2D eigenvalue weighted by atomic mass is 127. The van der Waals surface area contributed by atoms with Gasteiger partial charge in [-0.3, -0.25) is 14.5 Å². The minimum atomic E-state index is -3.34. The first kappa shape index (κ1) is 24.9. The number of piperazine rings is 1. The second kappa shape index (κ2) is 11.3. The predicted octanol–water partition coefficient (Wildman–Crippen LogP) is 0.372. The van der Waals surface area contributed by atoms with Gasteiger partial charge in [-0.15, -0.1) is 24.0 Å². The number of nitrogens with zero attached hydrogens (tertiary/aromatic N) is 5. The number of halogens is 1. The summed E-state index contributed by atoms with van der Waals surface area (Å²) in [5.41, 5.74) is 0.780. The van der Waals surface area contributed by atoms with E-state index >= 15 is 0 Å². The summed E-state index contributed by atoms with van der Waals surface area (Å²) < 4.78 is 28.7. The van der Waals surface area contributed by atoms with E-state index in [2.05, 4.69) is 20.1 Å². The van der Waals surface area contributed by atoms with Gasteiger partial charge in [0, 0.05) is 39.4 Å². The van der Waals surface area contributed by atoms with Crippen molar-refractivity contribution in [2.24, 2.45) is 18.0 Å². The summed E-state index contributed by atoms with van der Waals surface area (Å²) in [6.07, 6.45) is 6.88. The van der Waals surface area contributed by atoms with Gasteiger partial charge in [-0.25, -0.2) is 13.1 Å². The van der Waals surface area contributed by atoms with Crippen molar-refractivity contribution in [3.05, 3.63) is 12.4 Å². The van der Waals surface area contributed by atoms with Crippen LogP contribution in [0.4, 0.5) is 5.69 Å². The number of rotatable bonds is 8. The summed E-state index contributed by atoms with van der Waals surface area (Å²) in [5.74, 6) is 0.955. The average Bonchev–Trinajstić information content (AvgIpc) is 3.05. The van der Waals surface area contributed by atoms with Crippen molar-refractivity contribution in [1.82, 2.24) is 24.7 Å². The van der Waals surface area contributed by atoms with Crippen LogP contribution in [0.25, 0.3) is 0 Å². The van der Waals surface area contributed by atoms with Crippen LogP contribution in [0.15, 0.2) is 17.4 Å². The topological polar surface area (TPSA) is 112 Å². The second-order valence-electron chi connectivity index (χ2n) is 7.54. The monoisotopic (exact) mass is 553 g/mol. The van der Waals surface area contributed by atoms with Crippen molar-refractivity contribution in [2.45, 2.75) is 26.2 Å². The third-order valence-electron chi connectivity index (χ3n) is 5.30. The van der Waals surface area contributed by atoms with Gasteiger partial charge < -0.3 is 15.1 Å². The highest BCUT2D eigenvalue weighted by molar-refractivity contribution is 14.0. The van der Waals surface area contributed by atoms with Crippen LogP contribution >= 0.6 is 24.0 Å². The SMILES string of the molecule is CCNC(=NCCS(=O)(=O)NCC1CCC1)N1CCN(c2cnn(C)c2)C(=O)C1.I. The van der Waals surface area contributed by atoms with E-state index in [4.69, 9.17) is 0 Å². The smallest absolute Gasteiger partial charge is 0.246 e. The summed E-state index contributed by atoms with van der Waals surface area (Å²) in [7, 11) is -1.52. The lowest BCUT2D eigenvalue weighted by Crippen LogP contribution is -2.55. The molecule has 0 unspecified atom stereocenters. The molecular formula is C18H32IN7O3S. The van der Waals surface area contributed by atoms with Crippen LogP contribution < -0.4 is 14.9 Å². The van der Waals surface area contributed by atoms with Gasteiger partial charge in [0.25, 0.3) is 0 Å².